The van der Waals surface area contributed by atoms with Crippen LogP contribution in [0.4, 0.5) is 0 Å². The number of methoxy groups -OCH3 is 1. The van der Waals surface area contributed by atoms with Gasteiger partial charge >= 0.3 is 0 Å². The highest BCUT2D eigenvalue weighted by Gasteiger charge is 2.24. The number of aromatic nitrogens is 2. The molecular weight excluding hydrogens is 400 g/mol. The number of nitrogens with zero attached hydrogens (tertiary/aromatic N) is 2. The van der Waals surface area contributed by atoms with Gasteiger partial charge in [0.05, 0.1) is 30.4 Å². The van der Waals surface area contributed by atoms with Crippen LogP contribution in [0.15, 0.2) is 67.0 Å². The first-order chi connectivity index (χ1) is 15.6. The van der Waals surface area contributed by atoms with Crippen molar-refractivity contribution in [3.8, 4) is 23.6 Å². The lowest BCUT2D eigenvalue weighted by Crippen LogP contribution is -2.03. The van der Waals surface area contributed by atoms with Gasteiger partial charge in [0.15, 0.2) is 11.5 Å². The van der Waals surface area contributed by atoms with Gasteiger partial charge in [-0.2, -0.15) is 10.5 Å². The third kappa shape index (κ3) is 3.03. The van der Waals surface area contributed by atoms with E-state index in [1.165, 1.54) is 7.11 Å². The van der Waals surface area contributed by atoms with E-state index in [1.807, 2.05) is 48.8 Å². The Morgan fingerprint density at radius 1 is 0.812 bits per heavy atom. The molecule has 0 atom stereocenters. The molecule has 2 heterocycles. The average molecular weight is 418 g/mol. The molecule has 0 amide bonds. The van der Waals surface area contributed by atoms with Crippen LogP contribution in [0.5, 0.6) is 11.5 Å². The van der Waals surface area contributed by atoms with E-state index < -0.39 is 0 Å². The SMILES string of the molecule is COc1cc(C(c2c[nH]c3ccc(C#N)cc23)c2c[nH]c3ccc(C#N)cc23)ccc1O. The maximum atomic E-state index is 10.1. The van der Waals surface area contributed by atoms with Gasteiger partial charge in [-0.3, -0.25) is 0 Å². The topological polar surface area (TPSA) is 109 Å². The molecule has 0 fully saturated rings. The highest BCUT2D eigenvalue weighted by molar-refractivity contribution is 5.90. The largest absolute Gasteiger partial charge is 0.504 e. The smallest absolute Gasteiger partial charge is 0.160 e. The number of benzene rings is 3. The van der Waals surface area contributed by atoms with Crippen molar-refractivity contribution in [3.63, 3.8) is 0 Å². The van der Waals surface area contributed by atoms with Gasteiger partial charge in [0.2, 0.25) is 0 Å². The fourth-order valence-electron chi connectivity index (χ4n) is 4.30. The van der Waals surface area contributed by atoms with Gasteiger partial charge in [-0.05, 0) is 65.2 Å². The molecule has 154 valence electrons. The van der Waals surface area contributed by atoms with E-state index in [4.69, 9.17) is 4.74 Å². The lowest BCUT2D eigenvalue weighted by Gasteiger charge is -2.19. The predicted molar refractivity (Wildman–Crippen MR) is 122 cm³/mol. The highest BCUT2D eigenvalue weighted by atomic mass is 16.5. The molecule has 32 heavy (non-hydrogen) atoms. The Balaban J connectivity index is 1.82. The number of aromatic hydroxyl groups is 1. The molecule has 0 aliphatic rings. The minimum Gasteiger partial charge on any atom is -0.504 e. The molecule has 5 rings (SSSR count). The molecule has 0 radical (unpaired) electrons. The summed E-state index contributed by atoms with van der Waals surface area (Å²) in [6.07, 6.45) is 3.89. The lowest BCUT2D eigenvalue weighted by molar-refractivity contribution is 0.373. The first kappa shape index (κ1) is 19.3. The van der Waals surface area contributed by atoms with Crippen molar-refractivity contribution >= 4 is 21.8 Å². The summed E-state index contributed by atoms with van der Waals surface area (Å²) in [6.45, 7) is 0. The molecule has 6 nitrogen and oxygen atoms in total. The van der Waals surface area contributed by atoms with E-state index in [0.29, 0.717) is 16.9 Å². The summed E-state index contributed by atoms with van der Waals surface area (Å²) in [7, 11) is 1.52. The number of nitriles is 2. The van der Waals surface area contributed by atoms with E-state index in [9.17, 15) is 15.6 Å². The maximum Gasteiger partial charge on any atom is 0.160 e. The van der Waals surface area contributed by atoms with Crippen molar-refractivity contribution in [1.82, 2.24) is 9.97 Å². The first-order valence-electron chi connectivity index (χ1n) is 10.0. The number of phenolic OH excluding ortho intramolecular Hbond substituents is 1. The molecule has 3 N–H and O–H groups in total. The van der Waals surface area contributed by atoms with Crippen LogP contribution in [0.25, 0.3) is 21.8 Å². The molecule has 0 saturated heterocycles. The van der Waals surface area contributed by atoms with Crippen LogP contribution in [-0.2, 0) is 0 Å². The van der Waals surface area contributed by atoms with E-state index in [1.54, 1.807) is 18.2 Å². The summed E-state index contributed by atoms with van der Waals surface area (Å²) in [4.78, 5) is 6.62. The lowest BCUT2D eigenvalue weighted by atomic mass is 9.84. The van der Waals surface area contributed by atoms with Gasteiger partial charge in [0.25, 0.3) is 0 Å². The second-order valence-electron chi connectivity index (χ2n) is 7.60. The molecule has 0 aliphatic heterocycles. The van der Waals surface area contributed by atoms with Gasteiger partial charge in [0.1, 0.15) is 0 Å². The summed E-state index contributed by atoms with van der Waals surface area (Å²) < 4.78 is 5.37. The van der Waals surface area contributed by atoms with Crippen molar-refractivity contribution in [2.24, 2.45) is 0 Å². The van der Waals surface area contributed by atoms with E-state index in [2.05, 4.69) is 22.1 Å². The van der Waals surface area contributed by atoms with Crippen LogP contribution >= 0.6 is 0 Å². The number of fused-ring (bicyclic) bond motifs is 2. The fourth-order valence-corrected chi connectivity index (χ4v) is 4.30. The molecular formula is C26H18N4O2. The molecule has 6 heteroatoms. The number of aromatic amines is 2. The van der Waals surface area contributed by atoms with E-state index in [-0.39, 0.29) is 11.7 Å². The summed E-state index contributed by atoms with van der Waals surface area (Å²) >= 11 is 0. The van der Waals surface area contributed by atoms with Crippen LogP contribution < -0.4 is 4.74 Å². The normalized spacial score (nSPS) is 11.0. The van der Waals surface area contributed by atoms with Crippen molar-refractivity contribution in [3.05, 3.63) is 94.8 Å². The Morgan fingerprint density at radius 2 is 1.38 bits per heavy atom. The number of phenols is 1. The number of nitrogens with one attached hydrogen (secondary N) is 2. The molecule has 3 aromatic carbocycles. The third-order valence-corrected chi connectivity index (χ3v) is 5.84. The van der Waals surface area contributed by atoms with Gasteiger partial charge in [-0.15, -0.1) is 0 Å². The van der Waals surface area contributed by atoms with Gasteiger partial charge < -0.3 is 19.8 Å². The fraction of sp³-hybridized carbons (Fsp3) is 0.0769. The zero-order chi connectivity index (χ0) is 22.2. The van der Waals surface area contributed by atoms with Crippen molar-refractivity contribution in [2.45, 2.75) is 5.92 Å². The Labute approximate surface area is 183 Å². The van der Waals surface area contributed by atoms with E-state index >= 15 is 0 Å². The summed E-state index contributed by atoms with van der Waals surface area (Å²) in [6, 6.07) is 20.8. The Morgan fingerprint density at radius 3 is 1.88 bits per heavy atom. The van der Waals surface area contributed by atoms with Gasteiger partial charge in [0, 0.05) is 40.1 Å². The summed E-state index contributed by atoms with van der Waals surface area (Å²) in [5.41, 5.74) is 5.86. The Bertz CT molecular complexity index is 1470. The van der Waals surface area contributed by atoms with Crippen molar-refractivity contribution < 1.29 is 9.84 Å². The van der Waals surface area contributed by atoms with Crippen LogP contribution in [-0.4, -0.2) is 22.2 Å². The molecule has 0 bridgehead atoms. The number of hydrogen-bond donors (Lipinski definition) is 3. The monoisotopic (exact) mass is 418 g/mol. The van der Waals surface area contributed by atoms with E-state index in [0.717, 1.165) is 38.5 Å². The standard InChI is InChI=1S/C26H18N4O2/c1-32-25-10-17(4-7-24(25)31)26(20-13-29-22-5-2-15(11-27)8-18(20)22)21-14-30-23-6-3-16(12-28)9-19(21)23/h2-10,13-14,26,29-31H,1H3. The zero-order valence-corrected chi connectivity index (χ0v) is 17.2. The number of hydrogen-bond acceptors (Lipinski definition) is 4. The number of rotatable bonds is 4. The zero-order valence-electron chi connectivity index (χ0n) is 17.2. The van der Waals surface area contributed by atoms with Crippen LogP contribution in [0.3, 0.4) is 0 Å². The second-order valence-corrected chi connectivity index (χ2v) is 7.60. The van der Waals surface area contributed by atoms with Crippen LogP contribution in [0.2, 0.25) is 0 Å². The Hall–Kier alpha value is -4.68. The maximum absolute atomic E-state index is 10.1. The number of H-pyrrole nitrogens is 2. The van der Waals surface area contributed by atoms with Gasteiger partial charge in [-0.1, -0.05) is 6.07 Å². The van der Waals surface area contributed by atoms with Crippen molar-refractivity contribution in [2.75, 3.05) is 7.11 Å². The van der Waals surface area contributed by atoms with Crippen LogP contribution in [0, 0.1) is 22.7 Å². The second kappa shape index (κ2) is 7.54. The van der Waals surface area contributed by atoms with Crippen LogP contribution in [0.1, 0.15) is 33.7 Å². The first-order valence-corrected chi connectivity index (χ1v) is 10.0. The summed E-state index contributed by atoms with van der Waals surface area (Å²) in [5, 5.41) is 30.9. The predicted octanol–water partition coefficient (Wildman–Crippen LogP) is 5.29. The average Bonchev–Trinajstić information content (AvgIpc) is 3.44. The molecule has 2 aromatic heterocycles. The van der Waals surface area contributed by atoms with Gasteiger partial charge in [-0.25, -0.2) is 0 Å². The Kier molecular flexibility index (Phi) is 4.54. The van der Waals surface area contributed by atoms with Crippen molar-refractivity contribution in [1.29, 1.82) is 10.5 Å². The molecule has 0 unspecified atom stereocenters. The third-order valence-electron chi connectivity index (χ3n) is 5.84. The minimum absolute atomic E-state index is 0.0615. The highest BCUT2D eigenvalue weighted by Crippen LogP contribution is 2.42. The quantitative estimate of drug-likeness (QED) is 0.368. The minimum atomic E-state index is -0.241. The molecule has 5 aromatic rings. The number of ether oxygens (including phenoxy) is 1. The molecule has 0 saturated carbocycles. The molecule has 0 spiro atoms. The molecule has 0 aliphatic carbocycles. The summed E-state index contributed by atoms with van der Waals surface area (Å²) in [5.74, 6) is 0.198.